The first-order valence-electron chi connectivity index (χ1n) is 2.62. The summed E-state index contributed by atoms with van der Waals surface area (Å²) in [5.74, 6) is -0.481. The van der Waals surface area contributed by atoms with Crippen LogP contribution in [0.5, 0.6) is 0 Å². The molecule has 1 aromatic heterocycles. The molecule has 0 radical (unpaired) electrons. The van der Waals surface area contributed by atoms with E-state index >= 15 is 0 Å². The van der Waals surface area contributed by atoms with E-state index in [0.29, 0.717) is 0 Å². The summed E-state index contributed by atoms with van der Waals surface area (Å²) in [6.45, 7) is 3.09. The Morgan fingerprint density at radius 2 is 2.40 bits per heavy atom. The van der Waals surface area contributed by atoms with Crippen LogP contribution < -0.4 is 5.73 Å². The maximum atomic E-state index is 9.47. The molecule has 1 rings (SSSR count). The number of nitrogens with two attached hydrogens (primary N) is 1. The summed E-state index contributed by atoms with van der Waals surface area (Å²) in [6.07, 6.45) is 6.14. The van der Waals surface area contributed by atoms with Crippen LogP contribution in [-0.2, 0) is 4.79 Å². The fourth-order valence-corrected chi connectivity index (χ4v) is 0.215. The topological polar surface area (TPSA) is 71.8 Å². The largest absolute Gasteiger partial charge is 0.366 e. The average Bonchev–Trinajstić information content (AvgIpc) is 2.43. The highest BCUT2D eigenvalue weighted by Crippen LogP contribution is 1.62. The van der Waals surface area contributed by atoms with Crippen LogP contribution in [0.2, 0.25) is 0 Å². The molecule has 0 aliphatic rings. The van der Waals surface area contributed by atoms with Crippen LogP contribution in [0.15, 0.2) is 31.4 Å². The zero-order valence-corrected chi connectivity index (χ0v) is 5.45. The van der Waals surface area contributed by atoms with Crippen molar-refractivity contribution < 1.29 is 4.79 Å². The molecule has 10 heavy (non-hydrogen) atoms. The van der Waals surface area contributed by atoms with Crippen molar-refractivity contribution >= 4 is 5.91 Å². The molecule has 0 spiro atoms. The zero-order chi connectivity index (χ0) is 7.82. The van der Waals surface area contributed by atoms with Gasteiger partial charge in [0.05, 0.1) is 6.33 Å². The van der Waals surface area contributed by atoms with Crippen LogP contribution >= 0.6 is 0 Å². The molecule has 0 saturated carbocycles. The summed E-state index contributed by atoms with van der Waals surface area (Å²) >= 11 is 0. The molecule has 0 aliphatic heterocycles. The van der Waals surface area contributed by atoms with Crippen LogP contribution in [0, 0.1) is 0 Å². The Kier molecular flexibility index (Phi) is 4.68. The van der Waals surface area contributed by atoms with Crippen LogP contribution in [0.25, 0.3) is 0 Å². The van der Waals surface area contributed by atoms with Crippen molar-refractivity contribution in [3.8, 4) is 0 Å². The van der Waals surface area contributed by atoms with Gasteiger partial charge >= 0.3 is 0 Å². The first kappa shape index (κ1) is 8.42. The van der Waals surface area contributed by atoms with E-state index in [1.165, 1.54) is 0 Å². The lowest BCUT2D eigenvalue weighted by Crippen LogP contribution is -2.04. The molecule has 0 fully saturated rings. The third-order valence-corrected chi connectivity index (χ3v) is 0.607. The number of rotatable bonds is 1. The minimum Gasteiger partial charge on any atom is -0.366 e. The van der Waals surface area contributed by atoms with Gasteiger partial charge < -0.3 is 10.7 Å². The van der Waals surface area contributed by atoms with Crippen molar-refractivity contribution in [2.45, 2.75) is 0 Å². The number of imidazole rings is 1. The third-order valence-electron chi connectivity index (χ3n) is 0.607. The van der Waals surface area contributed by atoms with Crippen molar-refractivity contribution in [1.29, 1.82) is 0 Å². The second kappa shape index (κ2) is 5.55. The van der Waals surface area contributed by atoms with Crippen LogP contribution in [0.1, 0.15) is 0 Å². The quantitative estimate of drug-likeness (QED) is 0.540. The molecule has 3 N–H and O–H groups in total. The Balaban J connectivity index is 0.000000162. The number of primary amides is 1. The molecule has 0 atom stereocenters. The molecule has 0 aliphatic carbocycles. The minimum atomic E-state index is -0.481. The van der Waals surface area contributed by atoms with E-state index in [1.807, 2.05) is 0 Å². The van der Waals surface area contributed by atoms with Gasteiger partial charge in [-0.2, -0.15) is 0 Å². The smallest absolute Gasteiger partial charge is 0.240 e. The second-order valence-electron chi connectivity index (χ2n) is 1.37. The first-order chi connectivity index (χ1) is 4.77. The molecule has 0 bridgehead atoms. The van der Waals surface area contributed by atoms with E-state index in [-0.39, 0.29) is 0 Å². The van der Waals surface area contributed by atoms with Gasteiger partial charge in [0.25, 0.3) is 0 Å². The Labute approximate surface area is 58.8 Å². The standard InChI is InChI=1S/C3H4N2.C3H5NO/c1-2-5-3-4-1;1-2-3(4)5/h1-3H,(H,4,5);2H,1H2,(H2,4,5). The molecule has 1 amide bonds. The summed E-state index contributed by atoms with van der Waals surface area (Å²) in [7, 11) is 0. The summed E-state index contributed by atoms with van der Waals surface area (Å²) in [5.41, 5.74) is 4.53. The van der Waals surface area contributed by atoms with E-state index in [4.69, 9.17) is 0 Å². The fourth-order valence-electron chi connectivity index (χ4n) is 0.215. The highest BCUT2D eigenvalue weighted by atomic mass is 16.1. The third kappa shape index (κ3) is 6.42. The lowest BCUT2D eigenvalue weighted by Gasteiger charge is -1.65. The summed E-state index contributed by atoms with van der Waals surface area (Å²) in [5, 5.41) is 0. The lowest BCUT2D eigenvalue weighted by atomic mass is 10.6. The minimum absolute atomic E-state index is 0.481. The maximum Gasteiger partial charge on any atom is 0.240 e. The van der Waals surface area contributed by atoms with Crippen molar-refractivity contribution in [2.24, 2.45) is 5.73 Å². The maximum absolute atomic E-state index is 9.47. The lowest BCUT2D eigenvalue weighted by molar-refractivity contribution is -0.113. The molecule has 0 saturated heterocycles. The number of amides is 1. The number of aromatic nitrogens is 2. The van der Waals surface area contributed by atoms with E-state index in [1.54, 1.807) is 18.7 Å². The van der Waals surface area contributed by atoms with Gasteiger partial charge in [0.2, 0.25) is 5.91 Å². The Morgan fingerprint density at radius 3 is 2.50 bits per heavy atom. The molecule has 1 aromatic rings. The highest BCUT2D eigenvalue weighted by Gasteiger charge is 1.69. The molecule has 4 nitrogen and oxygen atoms in total. The summed E-state index contributed by atoms with van der Waals surface area (Å²) in [4.78, 5) is 15.9. The number of aromatic amines is 1. The summed E-state index contributed by atoms with van der Waals surface area (Å²) in [6, 6.07) is 0. The predicted octanol–water partition coefficient (Wildman–Crippen LogP) is 0.0674. The number of carbonyl (C=O) groups excluding carboxylic acids is 1. The van der Waals surface area contributed by atoms with Gasteiger partial charge in [0.1, 0.15) is 0 Å². The second-order valence-corrected chi connectivity index (χ2v) is 1.37. The van der Waals surface area contributed by atoms with Gasteiger partial charge in [-0.25, -0.2) is 4.98 Å². The number of hydrogen-bond acceptors (Lipinski definition) is 2. The Hall–Kier alpha value is -1.58. The molecule has 0 aromatic carbocycles. The first-order valence-corrected chi connectivity index (χ1v) is 2.62. The zero-order valence-electron chi connectivity index (χ0n) is 5.45. The molecule has 4 heteroatoms. The number of nitrogens with one attached hydrogen (secondary N) is 1. The van der Waals surface area contributed by atoms with Crippen LogP contribution in [0.4, 0.5) is 0 Å². The Bertz CT molecular complexity index is 164. The number of nitrogens with zero attached hydrogens (tertiary/aromatic N) is 1. The van der Waals surface area contributed by atoms with E-state index in [2.05, 4.69) is 22.3 Å². The molecular weight excluding hydrogens is 130 g/mol. The predicted molar refractivity (Wildman–Crippen MR) is 38.0 cm³/mol. The van der Waals surface area contributed by atoms with Gasteiger partial charge in [-0.05, 0) is 6.08 Å². The average molecular weight is 139 g/mol. The van der Waals surface area contributed by atoms with Crippen LogP contribution in [-0.4, -0.2) is 15.9 Å². The highest BCUT2D eigenvalue weighted by molar-refractivity contribution is 5.84. The molecular formula is C6H9N3O. The molecule has 54 valence electrons. The van der Waals surface area contributed by atoms with Crippen molar-refractivity contribution in [1.82, 2.24) is 9.97 Å². The number of H-pyrrole nitrogens is 1. The Morgan fingerprint density at radius 1 is 1.80 bits per heavy atom. The van der Waals surface area contributed by atoms with Crippen LogP contribution in [0.3, 0.4) is 0 Å². The van der Waals surface area contributed by atoms with Crippen molar-refractivity contribution in [3.63, 3.8) is 0 Å². The number of carbonyl (C=O) groups is 1. The monoisotopic (exact) mass is 139 g/mol. The fraction of sp³-hybridized carbons (Fsp3) is 0. The van der Waals surface area contributed by atoms with Crippen molar-refractivity contribution in [2.75, 3.05) is 0 Å². The van der Waals surface area contributed by atoms with E-state index in [0.717, 1.165) is 6.08 Å². The summed E-state index contributed by atoms with van der Waals surface area (Å²) < 4.78 is 0. The normalized spacial score (nSPS) is 7.20. The van der Waals surface area contributed by atoms with E-state index < -0.39 is 5.91 Å². The number of hydrogen-bond donors (Lipinski definition) is 2. The van der Waals surface area contributed by atoms with E-state index in [9.17, 15) is 4.79 Å². The van der Waals surface area contributed by atoms with Gasteiger partial charge in [-0.3, -0.25) is 4.79 Å². The molecule has 1 heterocycles. The van der Waals surface area contributed by atoms with Gasteiger partial charge in [-0.1, -0.05) is 6.58 Å². The molecule has 0 unspecified atom stereocenters. The van der Waals surface area contributed by atoms with Gasteiger partial charge in [-0.15, -0.1) is 0 Å². The SMILES string of the molecule is C=CC(N)=O.c1c[nH]cn1. The van der Waals surface area contributed by atoms with Crippen molar-refractivity contribution in [3.05, 3.63) is 31.4 Å². The van der Waals surface area contributed by atoms with Gasteiger partial charge in [0.15, 0.2) is 0 Å². The van der Waals surface area contributed by atoms with Gasteiger partial charge in [0, 0.05) is 12.4 Å².